The van der Waals surface area contributed by atoms with Crippen molar-refractivity contribution in [3.63, 3.8) is 0 Å². The fourth-order valence-corrected chi connectivity index (χ4v) is 4.43. The van der Waals surface area contributed by atoms with E-state index in [0.717, 1.165) is 25.9 Å². The van der Waals surface area contributed by atoms with Crippen molar-refractivity contribution in [2.75, 3.05) is 29.3 Å². The van der Waals surface area contributed by atoms with E-state index in [9.17, 15) is 31.5 Å². The molecule has 0 aliphatic carbocycles. The Kier molecular flexibility index (Phi) is 9.56. The van der Waals surface area contributed by atoms with Gasteiger partial charge in [-0.1, -0.05) is 6.92 Å². The average molecular weight is 533 g/mol. The summed E-state index contributed by atoms with van der Waals surface area (Å²) >= 11 is 0. The molecule has 0 unspecified atom stereocenters. The summed E-state index contributed by atoms with van der Waals surface area (Å²) in [5, 5.41) is 16.5. The van der Waals surface area contributed by atoms with Gasteiger partial charge in [0, 0.05) is 13.1 Å². The highest BCUT2D eigenvalue weighted by molar-refractivity contribution is 7.92. The third kappa shape index (κ3) is 8.04. The largest absolute Gasteiger partial charge is 0.494 e. The number of rotatable bonds is 7. The Morgan fingerprint density at radius 3 is 2.11 bits per heavy atom. The highest BCUT2D eigenvalue weighted by Gasteiger charge is 2.38. The van der Waals surface area contributed by atoms with Gasteiger partial charge in [-0.25, -0.2) is 18.0 Å². The zero-order valence-corrected chi connectivity index (χ0v) is 20.4. The molecule has 0 spiro atoms. The molecule has 0 saturated carbocycles. The SMILES string of the molecule is CCOc1ccc(S(=O)(=O)Nc2cc(C(=O)O)ccc2N2CCC(C)CC2)cc1.O=C(O)C(F)(F)F. The first-order valence-electron chi connectivity index (χ1n) is 10.9. The number of piperidine rings is 1. The van der Waals surface area contributed by atoms with Crippen molar-refractivity contribution in [2.24, 2.45) is 5.92 Å². The number of benzene rings is 2. The molecule has 9 nitrogen and oxygen atoms in total. The number of carbonyl (C=O) groups is 2. The van der Waals surface area contributed by atoms with Crippen LogP contribution < -0.4 is 14.4 Å². The smallest absolute Gasteiger partial charge is 0.490 e. The number of sulfonamides is 1. The van der Waals surface area contributed by atoms with Crippen LogP contribution in [0.1, 0.15) is 37.0 Å². The summed E-state index contributed by atoms with van der Waals surface area (Å²) in [5.74, 6) is -2.66. The zero-order valence-electron chi connectivity index (χ0n) is 19.6. The second-order valence-electron chi connectivity index (χ2n) is 8.02. The lowest BCUT2D eigenvalue weighted by molar-refractivity contribution is -0.192. The number of alkyl halides is 3. The number of aliphatic carboxylic acids is 1. The number of nitrogens with zero attached hydrogens (tertiary/aromatic N) is 1. The molecule has 1 aliphatic heterocycles. The van der Waals surface area contributed by atoms with Crippen LogP contribution in [-0.2, 0) is 14.8 Å². The maximum absolute atomic E-state index is 12.9. The van der Waals surface area contributed by atoms with E-state index < -0.39 is 28.1 Å². The molecule has 3 N–H and O–H groups in total. The van der Waals surface area contributed by atoms with E-state index in [1.54, 1.807) is 18.2 Å². The molecule has 0 atom stereocenters. The van der Waals surface area contributed by atoms with Gasteiger partial charge in [-0.15, -0.1) is 0 Å². The van der Waals surface area contributed by atoms with E-state index in [2.05, 4.69) is 16.5 Å². The lowest BCUT2D eigenvalue weighted by Gasteiger charge is -2.33. The van der Waals surface area contributed by atoms with Gasteiger partial charge in [-0.05, 0) is 68.1 Å². The molecular formula is C23H27F3N2O7S. The van der Waals surface area contributed by atoms with Gasteiger partial charge in [0.05, 0.1) is 28.4 Å². The van der Waals surface area contributed by atoms with Crippen LogP contribution in [0.15, 0.2) is 47.4 Å². The Bertz CT molecular complexity index is 1160. The van der Waals surface area contributed by atoms with Crippen LogP contribution in [0, 0.1) is 5.92 Å². The molecule has 3 rings (SSSR count). The van der Waals surface area contributed by atoms with Crippen molar-refractivity contribution >= 4 is 33.3 Å². The number of anilines is 2. The van der Waals surface area contributed by atoms with Crippen LogP contribution in [0.3, 0.4) is 0 Å². The first-order chi connectivity index (χ1) is 16.7. The molecule has 198 valence electrons. The number of carboxylic acid groups (broad SMARTS) is 2. The molecule has 0 bridgehead atoms. The standard InChI is InChI=1S/C21H26N2O5S.C2HF3O2/c1-3-28-17-5-7-18(8-6-17)29(26,27)22-19-14-16(21(24)25)4-9-20(19)23-12-10-15(2)11-13-23;3-2(4,5)1(6)7/h4-9,14-15,22H,3,10-13H2,1-2H3,(H,24,25);(H,6,7). The molecule has 1 saturated heterocycles. The van der Waals surface area contributed by atoms with Crippen LogP contribution in [0.25, 0.3) is 0 Å². The molecule has 1 heterocycles. The predicted octanol–water partition coefficient (Wildman–Crippen LogP) is 4.45. The Morgan fingerprint density at radius 1 is 1.08 bits per heavy atom. The van der Waals surface area contributed by atoms with Gasteiger partial charge in [0.2, 0.25) is 0 Å². The second kappa shape index (κ2) is 12.0. The molecule has 2 aromatic rings. The van der Waals surface area contributed by atoms with E-state index in [1.165, 1.54) is 24.3 Å². The molecule has 0 radical (unpaired) electrons. The van der Waals surface area contributed by atoms with Crippen LogP contribution >= 0.6 is 0 Å². The van der Waals surface area contributed by atoms with E-state index in [4.69, 9.17) is 14.6 Å². The third-order valence-electron chi connectivity index (χ3n) is 5.30. The van der Waals surface area contributed by atoms with Gasteiger partial charge < -0.3 is 19.8 Å². The first-order valence-corrected chi connectivity index (χ1v) is 12.4. The lowest BCUT2D eigenvalue weighted by atomic mass is 9.98. The van der Waals surface area contributed by atoms with E-state index in [0.29, 0.717) is 24.0 Å². The topological polar surface area (TPSA) is 133 Å². The number of nitrogens with one attached hydrogen (secondary N) is 1. The molecule has 36 heavy (non-hydrogen) atoms. The van der Waals surface area contributed by atoms with Crippen molar-refractivity contribution in [3.05, 3.63) is 48.0 Å². The van der Waals surface area contributed by atoms with Crippen molar-refractivity contribution in [1.29, 1.82) is 0 Å². The number of halogens is 3. The number of hydrogen-bond donors (Lipinski definition) is 3. The van der Waals surface area contributed by atoms with Crippen LogP contribution in [0.2, 0.25) is 0 Å². The molecular weight excluding hydrogens is 505 g/mol. The van der Waals surface area contributed by atoms with Crippen molar-refractivity contribution < 1.29 is 46.1 Å². The normalized spacial score (nSPS) is 14.4. The van der Waals surface area contributed by atoms with Crippen molar-refractivity contribution in [2.45, 2.75) is 37.8 Å². The fraction of sp³-hybridized carbons (Fsp3) is 0.391. The minimum atomic E-state index is -5.08. The van der Waals surface area contributed by atoms with Crippen LogP contribution in [-0.4, -0.2) is 56.4 Å². The highest BCUT2D eigenvalue weighted by Crippen LogP contribution is 2.32. The monoisotopic (exact) mass is 532 g/mol. The van der Waals surface area contributed by atoms with Gasteiger partial charge in [-0.3, -0.25) is 4.72 Å². The third-order valence-corrected chi connectivity index (χ3v) is 6.68. The van der Waals surface area contributed by atoms with E-state index >= 15 is 0 Å². The molecule has 0 amide bonds. The average Bonchev–Trinajstić information content (AvgIpc) is 2.80. The molecule has 1 aliphatic rings. The summed E-state index contributed by atoms with van der Waals surface area (Å²) in [4.78, 5) is 22.5. The Hall–Kier alpha value is -3.48. The summed E-state index contributed by atoms with van der Waals surface area (Å²) in [6.45, 7) is 6.13. The first kappa shape index (κ1) is 28.8. The van der Waals surface area contributed by atoms with Gasteiger partial charge in [-0.2, -0.15) is 13.2 Å². The summed E-state index contributed by atoms with van der Waals surface area (Å²) in [5.41, 5.74) is 0.994. The summed E-state index contributed by atoms with van der Waals surface area (Å²) in [7, 11) is -3.88. The number of hydrogen-bond acceptors (Lipinski definition) is 6. The van der Waals surface area contributed by atoms with E-state index in [-0.39, 0.29) is 16.1 Å². The van der Waals surface area contributed by atoms with Crippen LogP contribution in [0.4, 0.5) is 24.5 Å². The zero-order chi connectivity index (χ0) is 27.1. The minimum Gasteiger partial charge on any atom is -0.494 e. The van der Waals surface area contributed by atoms with Gasteiger partial charge in [0.1, 0.15) is 5.75 Å². The Balaban J connectivity index is 0.000000572. The van der Waals surface area contributed by atoms with Gasteiger partial charge in [0.25, 0.3) is 10.0 Å². The Morgan fingerprint density at radius 2 is 1.64 bits per heavy atom. The maximum atomic E-state index is 12.9. The maximum Gasteiger partial charge on any atom is 0.490 e. The van der Waals surface area contributed by atoms with Gasteiger partial charge in [0.15, 0.2) is 0 Å². The van der Waals surface area contributed by atoms with Crippen molar-refractivity contribution in [1.82, 2.24) is 0 Å². The minimum absolute atomic E-state index is 0.0310. The molecule has 0 aromatic heterocycles. The Labute approximate surface area is 206 Å². The molecule has 1 fully saturated rings. The molecule has 2 aromatic carbocycles. The predicted molar refractivity (Wildman–Crippen MR) is 126 cm³/mol. The van der Waals surface area contributed by atoms with Crippen molar-refractivity contribution in [3.8, 4) is 5.75 Å². The lowest BCUT2D eigenvalue weighted by Crippen LogP contribution is -2.33. The van der Waals surface area contributed by atoms with Gasteiger partial charge >= 0.3 is 18.1 Å². The molecule has 13 heteroatoms. The summed E-state index contributed by atoms with van der Waals surface area (Å²) in [6.07, 6.45) is -3.07. The number of aromatic carboxylic acids is 1. The number of carboxylic acids is 2. The highest BCUT2D eigenvalue weighted by atomic mass is 32.2. The number of ether oxygens (including phenoxy) is 1. The quantitative estimate of drug-likeness (QED) is 0.476. The summed E-state index contributed by atoms with van der Waals surface area (Å²) < 4.78 is 65.5. The summed E-state index contributed by atoms with van der Waals surface area (Å²) in [6, 6.07) is 10.7. The van der Waals surface area contributed by atoms with Crippen LogP contribution in [0.5, 0.6) is 5.75 Å². The van der Waals surface area contributed by atoms with E-state index in [1.807, 2.05) is 6.92 Å². The second-order valence-corrected chi connectivity index (χ2v) is 9.70. The fourth-order valence-electron chi connectivity index (χ4n) is 3.36.